The van der Waals surface area contributed by atoms with Gasteiger partial charge in [0.15, 0.2) is 11.6 Å². The standard InChI is InChI=1S/C20H18F5N3O3/c1-19(2)5-12(29)15(13(30)6-19)17(31)11-9-28(27-16(11)18(21)22)8-10-3-4-14(26-7-10)20(23,24)25/h3-4,7,9,18,31H,5-6,8H2,1-2H3. The lowest BCUT2D eigenvalue weighted by molar-refractivity contribution is -0.141. The molecule has 0 amide bonds. The number of hydrogen-bond donors (Lipinski definition) is 1. The molecular formula is C20H18F5N3O3. The number of allylic oxidation sites excluding steroid dienone is 1. The van der Waals surface area contributed by atoms with Gasteiger partial charge in [-0.15, -0.1) is 0 Å². The minimum Gasteiger partial charge on any atom is -0.506 e. The summed E-state index contributed by atoms with van der Waals surface area (Å²) >= 11 is 0. The Labute approximate surface area is 173 Å². The summed E-state index contributed by atoms with van der Waals surface area (Å²) in [5.41, 5.74) is -3.35. The molecule has 0 aliphatic heterocycles. The Morgan fingerprint density at radius 3 is 2.29 bits per heavy atom. The van der Waals surface area contributed by atoms with Crippen molar-refractivity contribution in [1.29, 1.82) is 0 Å². The predicted octanol–water partition coefficient (Wildman–Crippen LogP) is 4.51. The lowest BCUT2D eigenvalue weighted by Crippen LogP contribution is -2.32. The zero-order valence-corrected chi connectivity index (χ0v) is 16.5. The molecule has 6 nitrogen and oxygen atoms in total. The molecule has 2 heterocycles. The molecule has 0 atom stereocenters. The summed E-state index contributed by atoms with van der Waals surface area (Å²) in [5, 5.41) is 14.2. The molecule has 1 saturated carbocycles. The second kappa shape index (κ2) is 7.86. The number of halogens is 5. The van der Waals surface area contributed by atoms with E-state index in [1.807, 2.05) is 0 Å². The van der Waals surface area contributed by atoms with Crippen LogP contribution in [0.25, 0.3) is 5.76 Å². The van der Waals surface area contributed by atoms with E-state index in [1.165, 1.54) is 0 Å². The number of carbonyl (C=O) groups excluding carboxylic acids is 2. The number of pyridine rings is 1. The average Bonchev–Trinajstić information content (AvgIpc) is 3.03. The fourth-order valence-electron chi connectivity index (χ4n) is 3.40. The van der Waals surface area contributed by atoms with Crippen molar-refractivity contribution in [1.82, 2.24) is 14.8 Å². The van der Waals surface area contributed by atoms with E-state index in [-0.39, 0.29) is 24.9 Å². The molecule has 1 N–H and O–H groups in total. The molecule has 0 bridgehead atoms. The fraction of sp³-hybridized carbons (Fsp3) is 0.400. The second-order valence-corrected chi connectivity index (χ2v) is 8.06. The second-order valence-electron chi connectivity index (χ2n) is 8.06. The Bertz CT molecular complexity index is 1030. The molecule has 0 saturated heterocycles. The van der Waals surface area contributed by atoms with Gasteiger partial charge in [0, 0.05) is 25.2 Å². The molecular weight excluding hydrogens is 425 g/mol. The maximum atomic E-state index is 13.5. The number of Topliss-reactive ketones (excluding diaryl/α,β-unsaturated/α-hetero) is 2. The molecule has 0 aromatic carbocycles. The van der Waals surface area contributed by atoms with Gasteiger partial charge in [-0.2, -0.15) is 18.3 Å². The third kappa shape index (κ3) is 4.80. The summed E-state index contributed by atoms with van der Waals surface area (Å²) in [7, 11) is 0. The number of aromatic nitrogens is 3. The van der Waals surface area contributed by atoms with E-state index < -0.39 is 57.9 Å². The summed E-state index contributed by atoms with van der Waals surface area (Å²) in [5.74, 6) is -2.19. The Kier molecular flexibility index (Phi) is 5.72. The van der Waals surface area contributed by atoms with Crippen LogP contribution in [0.15, 0.2) is 30.1 Å². The molecule has 11 heteroatoms. The van der Waals surface area contributed by atoms with Crippen LogP contribution in [0.5, 0.6) is 0 Å². The van der Waals surface area contributed by atoms with Crippen LogP contribution in [-0.4, -0.2) is 31.4 Å². The maximum Gasteiger partial charge on any atom is 0.433 e. The van der Waals surface area contributed by atoms with E-state index in [4.69, 9.17) is 0 Å². The topological polar surface area (TPSA) is 85.1 Å². The number of alkyl halides is 5. The highest BCUT2D eigenvalue weighted by molar-refractivity contribution is 6.26. The van der Waals surface area contributed by atoms with Crippen molar-refractivity contribution in [2.24, 2.45) is 5.41 Å². The van der Waals surface area contributed by atoms with Crippen LogP contribution in [0.2, 0.25) is 0 Å². The number of carbonyl (C=O) groups is 2. The van der Waals surface area contributed by atoms with Crippen molar-refractivity contribution in [2.75, 3.05) is 0 Å². The van der Waals surface area contributed by atoms with Gasteiger partial charge in [0.25, 0.3) is 6.43 Å². The van der Waals surface area contributed by atoms with E-state index in [1.54, 1.807) is 13.8 Å². The molecule has 31 heavy (non-hydrogen) atoms. The first-order valence-electron chi connectivity index (χ1n) is 9.16. The van der Waals surface area contributed by atoms with Crippen molar-refractivity contribution in [3.05, 3.63) is 52.6 Å². The van der Waals surface area contributed by atoms with Gasteiger partial charge in [0.1, 0.15) is 22.7 Å². The number of nitrogens with zero attached hydrogens (tertiary/aromatic N) is 3. The molecule has 0 radical (unpaired) electrons. The SMILES string of the molecule is CC1(C)CC(=O)C(=C(O)c2cn(Cc3ccc(C(F)(F)F)nc3)nc2C(F)F)C(=O)C1. The van der Waals surface area contributed by atoms with Gasteiger partial charge in [-0.25, -0.2) is 8.78 Å². The summed E-state index contributed by atoms with van der Waals surface area (Å²) in [6.45, 7) is 3.19. The Balaban J connectivity index is 1.96. The van der Waals surface area contributed by atoms with Gasteiger partial charge >= 0.3 is 6.18 Å². The molecule has 2 aromatic heterocycles. The molecule has 0 unspecified atom stereocenters. The van der Waals surface area contributed by atoms with Gasteiger partial charge < -0.3 is 5.11 Å². The lowest BCUT2D eigenvalue weighted by Gasteiger charge is -2.28. The Hall–Kier alpha value is -3.11. The van der Waals surface area contributed by atoms with Crippen molar-refractivity contribution in [3.63, 3.8) is 0 Å². The van der Waals surface area contributed by atoms with Crippen molar-refractivity contribution in [2.45, 2.75) is 45.8 Å². The minimum atomic E-state index is -4.62. The number of aliphatic hydroxyl groups is 1. The summed E-state index contributed by atoms with van der Waals surface area (Å²) in [6.07, 6.45) is -5.87. The van der Waals surface area contributed by atoms with Gasteiger partial charge in [0.2, 0.25) is 0 Å². The lowest BCUT2D eigenvalue weighted by atomic mass is 9.73. The quantitative estimate of drug-likeness (QED) is 0.325. The van der Waals surface area contributed by atoms with Crippen LogP contribution in [0.3, 0.4) is 0 Å². The zero-order valence-electron chi connectivity index (χ0n) is 16.5. The molecule has 1 aliphatic carbocycles. The van der Waals surface area contributed by atoms with Crippen LogP contribution >= 0.6 is 0 Å². The third-order valence-electron chi connectivity index (χ3n) is 4.78. The van der Waals surface area contributed by atoms with E-state index in [0.717, 1.165) is 29.2 Å². The monoisotopic (exact) mass is 443 g/mol. The Morgan fingerprint density at radius 2 is 1.81 bits per heavy atom. The van der Waals surface area contributed by atoms with Crippen LogP contribution in [-0.2, 0) is 22.3 Å². The number of ketones is 2. The first-order valence-corrected chi connectivity index (χ1v) is 9.16. The molecule has 166 valence electrons. The minimum absolute atomic E-state index is 0.0342. The molecule has 0 spiro atoms. The normalized spacial score (nSPS) is 16.8. The molecule has 3 rings (SSSR count). The van der Waals surface area contributed by atoms with E-state index >= 15 is 0 Å². The first-order chi connectivity index (χ1) is 14.3. The molecule has 1 aliphatic rings. The highest BCUT2D eigenvalue weighted by atomic mass is 19.4. The maximum absolute atomic E-state index is 13.5. The third-order valence-corrected chi connectivity index (χ3v) is 4.78. The average molecular weight is 443 g/mol. The van der Waals surface area contributed by atoms with Gasteiger partial charge in [0.05, 0.1) is 12.1 Å². The number of rotatable bonds is 4. The number of hydrogen-bond acceptors (Lipinski definition) is 5. The van der Waals surface area contributed by atoms with E-state index in [2.05, 4.69) is 10.1 Å². The van der Waals surface area contributed by atoms with E-state index in [9.17, 15) is 36.6 Å². The molecule has 1 fully saturated rings. The number of aliphatic hydroxyl groups excluding tert-OH is 1. The highest BCUT2D eigenvalue weighted by Crippen LogP contribution is 2.37. The van der Waals surface area contributed by atoms with Gasteiger partial charge in [-0.05, 0) is 17.0 Å². The smallest absolute Gasteiger partial charge is 0.433 e. The largest absolute Gasteiger partial charge is 0.506 e. The predicted molar refractivity (Wildman–Crippen MR) is 98.1 cm³/mol. The summed E-state index contributed by atoms with van der Waals surface area (Å²) in [6, 6.07) is 1.86. The van der Waals surface area contributed by atoms with Gasteiger partial charge in [-0.1, -0.05) is 19.9 Å². The van der Waals surface area contributed by atoms with Crippen LogP contribution in [0.4, 0.5) is 22.0 Å². The Morgan fingerprint density at radius 1 is 1.19 bits per heavy atom. The van der Waals surface area contributed by atoms with Crippen molar-refractivity contribution >= 4 is 17.3 Å². The van der Waals surface area contributed by atoms with Gasteiger partial charge in [-0.3, -0.25) is 19.3 Å². The first kappa shape index (κ1) is 22.6. The zero-order chi connectivity index (χ0) is 23.1. The summed E-state index contributed by atoms with van der Waals surface area (Å²) < 4.78 is 65.8. The van der Waals surface area contributed by atoms with Crippen molar-refractivity contribution in [3.8, 4) is 0 Å². The summed E-state index contributed by atoms with van der Waals surface area (Å²) in [4.78, 5) is 28.0. The van der Waals surface area contributed by atoms with Crippen LogP contribution in [0.1, 0.15) is 55.6 Å². The fourth-order valence-corrected chi connectivity index (χ4v) is 3.40. The highest BCUT2D eigenvalue weighted by Gasteiger charge is 2.39. The van der Waals surface area contributed by atoms with Crippen molar-refractivity contribution < 1.29 is 36.6 Å². The van der Waals surface area contributed by atoms with Crippen LogP contribution < -0.4 is 0 Å². The van der Waals surface area contributed by atoms with Crippen LogP contribution in [0, 0.1) is 5.41 Å². The van der Waals surface area contributed by atoms with E-state index in [0.29, 0.717) is 0 Å². The molecule has 2 aromatic rings.